The van der Waals surface area contributed by atoms with Crippen LogP contribution >= 0.6 is 0 Å². The maximum atomic E-state index is 12.2. The average molecular weight is 275 g/mol. The Kier molecular flexibility index (Phi) is 4.31. The van der Waals surface area contributed by atoms with Gasteiger partial charge in [0.1, 0.15) is 0 Å². The minimum absolute atomic E-state index is 0.0640. The lowest BCUT2D eigenvalue weighted by atomic mass is 9.90. The molecule has 2 aliphatic heterocycles. The van der Waals surface area contributed by atoms with E-state index in [2.05, 4.69) is 23.9 Å². The van der Waals surface area contributed by atoms with Gasteiger partial charge in [0.05, 0.1) is 0 Å². The minimum Gasteiger partial charge on any atom is -0.316 e. The van der Waals surface area contributed by atoms with Gasteiger partial charge in [0.2, 0.25) is 0 Å². The first-order valence-corrected chi connectivity index (χ1v) is 8.31. The molecular formula is C12H25N3O2S. The van der Waals surface area contributed by atoms with Crippen molar-refractivity contribution in [1.29, 1.82) is 0 Å². The van der Waals surface area contributed by atoms with E-state index in [-0.39, 0.29) is 5.41 Å². The highest BCUT2D eigenvalue weighted by molar-refractivity contribution is 7.87. The van der Waals surface area contributed by atoms with E-state index in [0.29, 0.717) is 25.6 Å². The second-order valence-corrected chi connectivity index (χ2v) is 7.92. The van der Waals surface area contributed by atoms with E-state index in [4.69, 9.17) is 0 Å². The van der Waals surface area contributed by atoms with Gasteiger partial charge < -0.3 is 5.32 Å². The Balaban J connectivity index is 1.90. The highest BCUT2D eigenvalue weighted by Gasteiger charge is 2.32. The molecule has 0 bridgehead atoms. The fourth-order valence-electron chi connectivity index (χ4n) is 2.74. The Bertz CT molecular complexity index is 377. The molecule has 0 saturated carbocycles. The highest BCUT2D eigenvalue weighted by atomic mass is 32.2. The molecule has 2 fully saturated rings. The Morgan fingerprint density at radius 3 is 2.89 bits per heavy atom. The van der Waals surface area contributed by atoms with E-state index in [1.54, 1.807) is 4.31 Å². The van der Waals surface area contributed by atoms with Gasteiger partial charge in [-0.1, -0.05) is 13.8 Å². The number of nitrogens with one attached hydrogen (secondary N) is 2. The predicted molar refractivity (Wildman–Crippen MR) is 72.5 cm³/mol. The van der Waals surface area contributed by atoms with Gasteiger partial charge in [-0.15, -0.1) is 0 Å². The van der Waals surface area contributed by atoms with Gasteiger partial charge in [0.25, 0.3) is 10.2 Å². The van der Waals surface area contributed by atoms with Crippen LogP contribution in [0.25, 0.3) is 0 Å². The van der Waals surface area contributed by atoms with Crippen LogP contribution in [0.2, 0.25) is 0 Å². The maximum absolute atomic E-state index is 12.2. The molecule has 0 amide bonds. The second kappa shape index (κ2) is 5.45. The molecule has 2 aliphatic rings. The first-order chi connectivity index (χ1) is 8.41. The van der Waals surface area contributed by atoms with Crippen molar-refractivity contribution >= 4 is 10.2 Å². The first kappa shape index (κ1) is 14.2. The van der Waals surface area contributed by atoms with Crippen LogP contribution in [0.15, 0.2) is 0 Å². The van der Waals surface area contributed by atoms with Crippen LogP contribution in [0.1, 0.15) is 33.1 Å². The molecule has 0 radical (unpaired) electrons. The van der Waals surface area contributed by atoms with Crippen molar-refractivity contribution in [3.63, 3.8) is 0 Å². The SMILES string of the molecule is CC1CCCN(S(=O)(=O)NCC2(C)CCNC2)C1. The van der Waals surface area contributed by atoms with Crippen molar-refractivity contribution in [2.75, 3.05) is 32.7 Å². The highest BCUT2D eigenvalue weighted by Crippen LogP contribution is 2.24. The lowest BCUT2D eigenvalue weighted by molar-refractivity contribution is 0.274. The summed E-state index contributed by atoms with van der Waals surface area (Å²) >= 11 is 0. The van der Waals surface area contributed by atoms with Crippen molar-refractivity contribution in [1.82, 2.24) is 14.3 Å². The van der Waals surface area contributed by atoms with Gasteiger partial charge in [-0.05, 0) is 37.1 Å². The topological polar surface area (TPSA) is 61.4 Å². The molecule has 106 valence electrons. The molecule has 0 aromatic heterocycles. The molecule has 18 heavy (non-hydrogen) atoms. The molecule has 6 heteroatoms. The van der Waals surface area contributed by atoms with Gasteiger partial charge in [-0.3, -0.25) is 0 Å². The van der Waals surface area contributed by atoms with Gasteiger partial charge in [0, 0.05) is 26.2 Å². The Labute approximate surface area is 110 Å². The van der Waals surface area contributed by atoms with Crippen LogP contribution in [-0.2, 0) is 10.2 Å². The third kappa shape index (κ3) is 3.44. The minimum atomic E-state index is -3.29. The van der Waals surface area contributed by atoms with Crippen molar-refractivity contribution in [2.24, 2.45) is 11.3 Å². The quantitative estimate of drug-likeness (QED) is 0.788. The van der Waals surface area contributed by atoms with Crippen LogP contribution in [-0.4, -0.2) is 45.4 Å². The molecule has 5 nitrogen and oxygen atoms in total. The summed E-state index contributed by atoms with van der Waals surface area (Å²) in [6.07, 6.45) is 3.14. The monoisotopic (exact) mass is 275 g/mol. The van der Waals surface area contributed by atoms with E-state index in [1.165, 1.54) is 0 Å². The fraction of sp³-hybridized carbons (Fsp3) is 1.00. The molecule has 0 aliphatic carbocycles. The van der Waals surface area contributed by atoms with Gasteiger partial charge in [0.15, 0.2) is 0 Å². The fourth-order valence-corrected chi connectivity index (χ4v) is 4.27. The van der Waals surface area contributed by atoms with Crippen molar-refractivity contribution in [2.45, 2.75) is 33.1 Å². The number of hydrogen-bond donors (Lipinski definition) is 2. The Morgan fingerprint density at radius 2 is 2.28 bits per heavy atom. The second-order valence-electron chi connectivity index (χ2n) is 6.17. The van der Waals surface area contributed by atoms with Crippen molar-refractivity contribution in [3.05, 3.63) is 0 Å². The molecule has 2 N–H and O–H groups in total. The number of rotatable bonds is 4. The summed E-state index contributed by atoms with van der Waals surface area (Å²) in [5.74, 6) is 0.471. The standard InChI is InChI=1S/C12H25N3O2S/c1-11-4-3-7-15(8-11)18(16,17)14-10-12(2)5-6-13-9-12/h11,13-14H,3-10H2,1-2H3. The lowest BCUT2D eigenvalue weighted by Gasteiger charge is -2.31. The zero-order valence-electron chi connectivity index (χ0n) is 11.4. The number of piperidine rings is 1. The lowest BCUT2D eigenvalue weighted by Crippen LogP contribution is -2.48. The Morgan fingerprint density at radius 1 is 1.50 bits per heavy atom. The van der Waals surface area contributed by atoms with E-state index < -0.39 is 10.2 Å². The molecule has 0 aromatic rings. The Hall–Kier alpha value is -0.170. The molecule has 2 unspecified atom stereocenters. The summed E-state index contributed by atoms with van der Waals surface area (Å²) in [4.78, 5) is 0. The van der Waals surface area contributed by atoms with Crippen LogP contribution in [0, 0.1) is 11.3 Å². The molecule has 2 rings (SSSR count). The predicted octanol–water partition coefficient (Wildman–Crippen LogP) is 0.552. The number of nitrogens with zero attached hydrogens (tertiary/aromatic N) is 1. The largest absolute Gasteiger partial charge is 0.316 e. The average Bonchev–Trinajstić information content (AvgIpc) is 2.75. The van der Waals surface area contributed by atoms with Crippen molar-refractivity contribution in [3.8, 4) is 0 Å². The molecule has 0 aromatic carbocycles. The molecule has 2 saturated heterocycles. The van der Waals surface area contributed by atoms with Gasteiger partial charge in [-0.2, -0.15) is 12.7 Å². The third-order valence-electron chi connectivity index (χ3n) is 4.10. The summed E-state index contributed by atoms with van der Waals surface area (Å²) in [6.45, 7) is 7.98. The molecule has 0 spiro atoms. The van der Waals surface area contributed by atoms with E-state index >= 15 is 0 Å². The maximum Gasteiger partial charge on any atom is 0.279 e. The van der Waals surface area contributed by atoms with Crippen LogP contribution in [0.5, 0.6) is 0 Å². The third-order valence-corrected chi connectivity index (χ3v) is 5.62. The molecule has 2 heterocycles. The van der Waals surface area contributed by atoms with Crippen molar-refractivity contribution < 1.29 is 8.42 Å². The summed E-state index contributed by atoms with van der Waals surface area (Å²) in [6, 6.07) is 0. The van der Waals surface area contributed by atoms with Gasteiger partial charge >= 0.3 is 0 Å². The summed E-state index contributed by atoms with van der Waals surface area (Å²) in [7, 11) is -3.29. The van der Waals surface area contributed by atoms with Crippen LogP contribution in [0.3, 0.4) is 0 Å². The van der Waals surface area contributed by atoms with E-state index in [1.807, 2.05) is 0 Å². The van der Waals surface area contributed by atoms with E-state index in [0.717, 1.165) is 32.4 Å². The van der Waals surface area contributed by atoms with Gasteiger partial charge in [-0.25, -0.2) is 4.72 Å². The summed E-state index contributed by atoms with van der Waals surface area (Å²) in [5, 5.41) is 3.29. The zero-order chi connectivity index (χ0) is 13.2. The summed E-state index contributed by atoms with van der Waals surface area (Å²) in [5.41, 5.74) is 0.0640. The summed E-state index contributed by atoms with van der Waals surface area (Å²) < 4.78 is 28.8. The van der Waals surface area contributed by atoms with Crippen LogP contribution < -0.4 is 10.0 Å². The zero-order valence-corrected chi connectivity index (χ0v) is 12.2. The molecular weight excluding hydrogens is 250 g/mol. The molecule has 2 atom stereocenters. The normalized spacial score (nSPS) is 34.9. The number of hydrogen-bond acceptors (Lipinski definition) is 3. The first-order valence-electron chi connectivity index (χ1n) is 6.87. The smallest absolute Gasteiger partial charge is 0.279 e. The van der Waals surface area contributed by atoms with Crippen LogP contribution in [0.4, 0.5) is 0 Å². The van der Waals surface area contributed by atoms with E-state index in [9.17, 15) is 8.42 Å².